The zero-order chi connectivity index (χ0) is 10.7. The van der Waals surface area contributed by atoms with Gasteiger partial charge in [0.1, 0.15) is 0 Å². The molecule has 82 valence electrons. The van der Waals surface area contributed by atoms with Gasteiger partial charge in [0.2, 0.25) is 0 Å². The van der Waals surface area contributed by atoms with Gasteiger partial charge in [0, 0.05) is 10.4 Å². The SMILES string of the molecule is CNCCC1(c2ccc(Cl)cc2)COC1. The summed E-state index contributed by atoms with van der Waals surface area (Å²) in [4.78, 5) is 0. The van der Waals surface area contributed by atoms with E-state index in [-0.39, 0.29) is 5.41 Å². The molecule has 1 N–H and O–H groups in total. The van der Waals surface area contributed by atoms with Crippen LogP contribution in [0, 0.1) is 0 Å². The van der Waals surface area contributed by atoms with Crippen molar-refractivity contribution < 1.29 is 4.74 Å². The molecule has 3 heteroatoms. The maximum Gasteiger partial charge on any atom is 0.0586 e. The van der Waals surface area contributed by atoms with Crippen molar-refractivity contribution in [3.63, 3.8) is 0 Å². The molecule has 0 atom stereocenters. The van der Waals surface area contributed by atoms with E-state index in [0.717, 1.165) is 31.2 Å². The molecule has 1 aromatic carbocycles. The standard InChI is InChI=1S/C12H16ClNO/c1-14-7-6-12(8-15-9-12)10-2-4-11(13)5-3-10/h2-5,14H,6-9H2,1H3. The van der Waals surface area contributed by atoms with Crippen molar-refractivity contribution in [3.8, 4) is 0 Å². The van der Waals surface area contributed by atoms with Crippen LogP contribution in [0.3, 0.4) is 0 Å². The Kier molecular flexibility index (Phi) is 3.29. The van der Waals surface area contributed by atoms with Gasteiger partial charge in [-0.05, 0) is 37.7 Å². The summed E-state index contributed by atoms with van der Waals surface area (Å²) in [6.07, 6.45) is 1.12. The molecule has 0 radical (unpaired) electrons. The molecule has 0 spiro atoms. The first kappa shape index (κ1) is 10.9. The third-order valence-corrected chi connectivity index (χ3v) is 3.32. The van der Waals surface area contributed by atoms with Crippen LogP contribution in [0.25, 0.3) is 0 Å². The fourth-order valence-corrected chi connectivity index (χ4v) is 2.10. The zero-order valence-electron chi connectivity index (χ0n) is 8.92. The lowest BCUT2D eigenvalue weighted by Crippen LogP contribution is -2.48. The lowest BCUT2D eigenvalue weighted by molar-refractivity contribution is -0.0638. The van der Waals surface area contributed by atoms with Gasteiger partial charge in [-0.15, -0.1) is 0 Å². The average molecular weight is 226 g/mol. The van der Waals surface area contributed by atoms with Gasteiger partial charge in [-0.3, -0.25) is 0 Å². The van der Waals surface area contributed by atoms with E-state index < -0.39 is 0 Å². The third kappa shape index (κ3) is 2.17. The van der Waals surface area contributed by atoms with Gasteiger partial charge in [0.25, 0.3) is 0 Å². The van der Waals surface area contributed by atoms with E-state index in [0.29, 0.717) is 0 Å². The minimum Gasteiger partial charge on any atom is -0.379 e. The number of rotatable bonds is 4. The molecule has 1 aromatic rings. The number of ether oxygens (including phenoxy) is 1. The molecule has 1 aliphatic rings. The van der Waals surface area contributed by atoms with Crippen LogP contribution in [0.15, 0.2) is 24.3 Å². The number of hydrogen-bond acceptors (Lipinski definition) is 2. The average Bonchev–Trinajstić information content (AvgIpc) is 2.19. The normalized spacial score (nSPS) is 18.5. The maximum absolute atomic E-state index is 5.88. The molecule has 0 aromatic heterocycles. The second-order valence-corrected chi connectivity index (χ2v) is 4.57. The third-order valence-electron chi connectivity index (χ3n) is 3.07. The first-order chi connectivity index (χ1) is 7.27. The van der Waals surface area contributed by atoms with Crippen LogP contribution < -0.4 is 5.32 Å². The summed E-state index contributed by atoms with van der Waals surface area (Å²) in [5.74, 6) is 0. The van der Waals surface area contributed by atoms with Crippen molar-refractivity contribution in [2.45, 2.75) is 11.8 Å². The van der Waals surface area contributed by atoms with E-state index in [1.807, 2.05) is 19.2 Å². The monoisotopic (exact) mass is 225 g/mol. The molecule has 0 amide bonds. The Morgan fingerprint density at radius 3 is 2.47 bits per heavy atom. The van der Waals surface area contributed by atoms with E-state index >= 15 is 0 Å². The van der Waals surface area contributed by atoms with Gasteiger partial charge < -0.3 is 10.1 Å². The number of halogens is 1. The van der Waals surface area contributed by atoms with Crippen LogP contribution in [0.1, 0.15) is 12.0 Å². The highest BCUT2D eigenvalue weighted by molar-refractivity contribution is 6.30. The van der Waals surface area contributed by atoms with Gasteiger partial charge in [-0.1, -0.05) is 23.7 Å². The summed E-state index contributed by atoms with van der Waals surface area (Å²) in [5.41, 5.74) is 1.56. The summed E-state index contributed by atoms with van der Waals surface area (Å²) in [5, 5.41) is 3.99. The molecule has 1 heterocycles. The molecule has 1 aliphatic heterocycles. The second kappa shape index (κ2) is 4.52. The van der Waals surface area contributed by atoms with Crippen LogP contribution >= 0.6 is 11.6 Å². The second-order valence-electron chi connectivity index (χ2n) is 4.13. The summed E-state index contributed by atoms with van der Waals surface area (Å²) < 4.78 is 5.36. The van der Waals surface area contributed by atoms with Crippen molar-refractivity contribution in [2.24, 2.45) is 0 Å². The van der Waals surface area contributed by atoms with Gasteiger partial charge >= 0.3 is 0 Å². The van der Waals surface area contributed by atoms with E-state index in [1.165, 1.54) is 5.56 Å². The van der Waals surface area contributed by atoms with E-state index in [2.05, 4.69) is 17.4 Å². The Bertz CT molecular complexity index is 319. The van der Waals surface area contributed by atoms with Gasteiger partial charge in [-0.25, -0.2) is 0 Å². The number of nitrogens with one attached hydrogen (secondary N) is 1. The summed E-state index contributed by atoms with van der Waals surface area (Å²) >= 11 is 5.88. The van der Waals surface area contributed by atoms with Crippen molar-refractivity contribution >= 4 is 11.6 Å². The highest BCUT2D eigenvalue weighted by Crippen LogP contribution is 2.35. The quantitative estimate of drug-likeness (QED) is 0.849. The van der Waals surface area contributed by atoms with Crippen LogP contribution in [0.5, 0.6) is 0 Å². The Labute approximate surface area is 95.6 Å². The van der Waals surface area contributed by atoms with Gasteiger partial charge in [0.05, 0.1) is 13.2 Å². The van der Waals surface area contributed by atoms with Crippen molar-refractivity contribution in [1.29, 1.82) is 0 Å². The molecule has 0 saturated carbocycles. The molecule has 15 heavy (non-hydrogen) atoms. The van der Waals surface area contributed by atoms with Crippen molar-refractivity contribution in [3.05, 3.63) is 34.9 Å². The Morgan fingerprint density at radius 1 is 1.33 bits per heavy atom. The molecular formula is C12H16ClNO. The molecular weight excluding hydrogens is 210 g/mol. The molecule has 1 fully saturated rings. The Balaban J connectivity index is 2.14. The van der Waals surface area contributed by atoms with E-state index in [4.69, 9.17) is 16.3 Å². The zero-order valence-corrected chi connectivity index (χ0v) is 9.68. The first-order valence-electron chi connectivity index (χ1n) is 5.25. The molecule has 2 nitrogen and oxygen atoms in total. The fourth-order valence-electron chi connectivity index (χ4n) is 1.97. The number of benzene rings is 1. The molecule has 0 bridgehead atoms. The lowest BCUT2D eigenvalue weighted by Gasteiger charge is -2.42. The Hall–Kier alpha value is -0.570. The summed E-state index contributed by atoms with van der Waals surface area (Å²) in [7, 11) is 1.98. The summed E-state index contributed by atoms with van der Waals surface area (Å²) in [6, 6.07) is 8.13. The molecule has 0 aliphatic carbocycles. The smallest absolute Gasteiger partial charge is 0.0586 e. The van der Waals surface area contributed by atoms with Crippen LogP contribution in [-0.4, -0.2) is 26.8 Å². The van der Waals surface area contributed by atoms with E-state index in [1.54, 1.807) is 0 Å². The predicted octanol–water partition coefficient (Wildman–Crippen LogP) is 2.22. The van der Waals surface area contributed by atoms with Crippen LogP contribution in [0.4, 0.5) is 0 Å². The first-order valence-corrected chi connectivity index (χ1v) is 5.63. The highest BCUT2D eigenvalue weighted by atomic mass is 35.5. The highest BCUT2D eigenvalue weighted by Gasteiger charge is 2.39. The fraction of sp³-hybridized carbons (Fsp3) is 0.500. The van der Waals surface area contributed by atoms with Gasteiger partial charge in [-0.2, -0.15) is 0 Å². The topological polar surface area (TPSA) is 21.3 Å². The van der Waals surface area contributed by atoms with E-state index in [9.17, 15) is 0 Å². The maximum atomic E-state index is 5.88. The van der Waals surface area contributed by atoms with Gasteiger partial charge in [0.15, 0.2) is 0 Å². The summed E-state index contributed by atoms with van der Waals surface area (Å²) in [6.45, 7) is 2.68. The number of hydrogen-bond donors (Lipinski definition) is 1. The van der Waals surface area contributed by atoms with Crippen molar-refractivity contribution in [1.82, 2.24) is 5.32 Å². The van der Waals surface area contributed by atoms with Crippen LogP contribution in [-0.2, 0) is 10.2 Å². The largest absolute Gasteiger partial charge is 0.379 e. The Morgan fingerprint density at radius 2 is 2.00 bits per heavy atom. The molecule has 0 unspecified atom stereocenters. The minimum atomic E-state index is 0.216. The molecule has 1 saturated heterocycles. The lowest BCUT2D eigenvalue weighted by atomic mass is 9.76. The predicted molar refractivity (Wildman–Crippen MR) is 62.5 cm³/mol. The molecule has 2 rings (SSSR count). The van der Waals surface area contributed by atoms with Crippen LogP contribution in [0.2, 0.25) is 5.02 Å². The van der Waals surface area contributed by atoms with Crippen molar-refractivity contribution in [2.75, 3.05) is 26.8 Å². The minimum absolute atomic E-state index is 0.216.